The number of carboxylic acids is 1. The summed E-state index contributed by atoms with van der Waals surface area (Å²) in [4.78, 5) is 13.8. The fraction of sp³-hybridized carbons (Fsp3) is 0.214. The van der Waals surface area contributed by atoms with Gasteiger partial charge < -0.3 is 10.1 Å². The Hall–Kier alpha value is -2.03. The Morgan fingerprint density at radius 2 is 2.00 bits per heavy atom. The van der Waals surface area contributed by atoms with Gasteiger partial charge in [0.2, 0.25) is 0 Å². The number of carboxylic acid groups (broad SMARTS) is 1. The number of carbonyl (C=O) groups is 1. The third-order valence-electron chi connectivity index (χ3n) is 2.92. The van der Waals surface area contributed by atoms with Crippen LogP contribution in [0.2, 0.25) is 0 Å². The van der Waals surface area contributed by atoms with Crippen LogP contribution in [-0.4, -0.2) is 16.1 Å². The van der Waals surface area contributed by atoms with Crippen LogP contribution in [0, 0.1) is 20.8 Å². The minimum atomic E-state index is -0.934. The first-order valence-electron chi connectivity index (χ1n) is 5.49. The molecule has 1 heterocycles. The Morgan fingerprint density at radius 1 is 1.29 bits per heavy atom. The number of hydrogen-bond acceptors (Lipinski definition) is 1. The van der Waals surface area contributed by atoms with E-state index < -0.39 is 5.97 Å². The van der Waals surface area contributed by atoms with E-state index in [0.29, 0.717) is 0 Å². The third-order valence-corrected chi connectivity index (χ3v) is 2.92. The van der Waals surface area contributed by atoms with Crippen molar-refractivity contribution in [3.8, 4) is 0 Å². The number of aromatic nitrogens is 1. The molecular weight excluding hydrogens is 214 g/mol. The Kier molecular flexibility index (Phi) is 2.76. The SMILES string of the molecule is Cc1cc(C)c2c(C)c(/C=C/C(=O)O)[nH]c2c1. The number of aromatic amines is 1. The van der Waals surface area contributed by atoms with Gasteiger partial charge in [-0.25, -0.2) is 4.79 Å². The summed E-state index contributed by atoms with van der Waals surface area (Å²) in [6.45, 7) is 6.12. The van der Waals surface area contributed by atoms with E-state index in [2.05, 4.69) is 31.0 Å². The van der Waals surface area contributed by atoms with E-state index in [0.717, 1.165) is 22.9 Å². The van der Waals surface area contributed by atoms with Gasteiger partial charge in [-0.1, -0.05) is 6.07 Å². The first-order chi connectivity index (χ1) is 7.99. The summed E-state index contributed by atoms with van der Waals surface area (Å²) in [7, 11) is 0. The second-order valence-electron chi connectivity index (χ2n) is 4.34. The molecule has 1 aromatic carbocycles. The van der Waals surface area contributed by atoms with E-state index in [-0.39, 0.29) is 0 Å². The van der Waals surface area contributed by atoms with Crippen molar-refractivity contribution < 1.29 is 9.90 Å². The van der Waals surface area contributed by atoms with Crippen molar-refractivity contribution in [2.24, 2.45) is 0 Å². The van der Waals surface area contributed by atoms with Gasteiger partial charge in [-0.15, -0.1) is 0 Å². The number of rotatable bonds is 2. The quantitative estimate of drug-likeness (QED) is 0.777. The first-order valence-corrected chi connectivity index (χ1v) is 5.49. The second-order valence-corrected chi connectivity index (χ2v) is 4.34. The molecule has 0 bridgehead atoms. The molecule has 1 aromatic heterocycles. The average molecular weight is 229 g/mol. The van der Waals surface area contributed by atoms with Crippen molar-refractivity contribution in [3.05, 3.63) is 40.6 Å². The maximum atomic E-state index is 10.5. The summed E-state index contributed by atoms with van der Waals surface area (Å²) in [5, 5.41) is 9.82. The second kappa shape index (κ2) is 4.09. The van der Waals surface area contributed by atoms with Crippen LogP contribution in [0.3, 0.4) is 0 Å². The average Bonchev–Trinajstić information content (AvgIpc) is 2.52. The molecule has 17 heavy (non-hydrogen) atoms. The van der Waals surface area contributed by atoms with Gasteiger partial charge in [-0.3, -0.25) is 0 Å². The minimum absolute atomic E-state index is 0.858. The highest BCUT2D eigenvalue weighted by Crippen LogP contribution is 2.26. The zero-order chi connectivity index (χ0) is 12.6. The maximum Gasteiger partial charge on any atom is 0.328 e. The highest BCUT2D eigenvalue weighted by atomic mass is 16.4. The fourth-order valence-corrected chi connectivity index (χ4v) is 2.26. The highest BCUT2D eigenvalue weighted by molar-refractivity contribution is 5.92. The van der Waals surface area contributed by atoms with Gasteiger partial charge in [-0.05, 0) is 49.6 Å². The van der Waals surface area contributed by atoms with Gasteiger partial charge in [0, 0.05) is 22.7 Å². The van der Waals surface area contributed by atoms with Crippen molar-refractivity contribution in [3.63, 3.8) is 0 Å². The van der Waals surface area contributed by atoms with Crippen LogP contribution in [0.25, 0.3) is 17.0 Å². The lowest BCUT2D eigenvalue weighted by Gasteiger charge is -1.99. The summed E-state index contributed by atoms with van der Waals surface area (Å²) in [5.74, 6) is -0.934. The van der Waals surface area contributed by atoms with Crippen LogP contribution in [0.1, 0.15) is 22.4 Å². The third kappa shape index (κ3) is 2.09. The van der Waals surface area contributed by atoms with Crippen LogP contribution < -0.4 is 0 Å². The number of nitrogens with one attached hydrogen (secondary N) is 1. The molecule has 0 atom stereocenters. The van der Waals surface area contributed by atoms with Crippen molar-refractivity contribution in [2.45, 2.75) is 20.8 Å². The molecule has 2 N–H and O–H groups in total. The molecule has 0 aliphatic rings. The van der Waals surface area contributed by atoms with E-state index >= 15 is 0 Å². The smallest absolute Gasteiger partial charge is 0.328 e. The molecule has 0 saturated heterocycles. The lowest BCUT2D eigenvalue weighted by molar-refractivity contribution is -0.131. The largest absolute Gasteiger partial charge is 0.478 e. The molecular formula is C14H15NO2. The molecule has 0 unspecified atom stereocenters. The van der Waals surface area contributed by atoms with Gasteiger partial charge in [0.05, 0.1) is 0 Å². The molecule has 0 amide bonds. The van der Waals surface area contributed by atoms with E-state index in [4.69, 9.17) is 5.11 Å². The Bertz CT molecular complexity index is 621. The molecule has 0 spiro atoms. The minimum Gasteiger partial charge on any atom is -0.478 e. The Labute approximate surface area is 99.8 Å². The van der Waals surface area contributed by atoms with Crippen LogP contribution in [0.5, 0.6) is 0 Å². The lowest BCUT2D eigenvalue weighted by Crippen LogP contribution is -1.86. The molecule has 3 nitrogen and oxygen atoms in total. The van der Waals surface area contributed by atoms with Gasteiger partial charge in [-0.2, -0.15) is 0 Å². The number of aliphatic carboxylic acids is 1. The van der Waals surface area contributed by atoms with Gasteiger partial charge in [0.25, 0.3) is 0 Å². The molecule has 0 saturated carbocycles. The predicted octanol–water partition coefficient (Wildman–Crippen LogP) is 3.19. The number of H-pyrrole nitrogens is 1. The zero-order valence-electron chi connectivity index (χ0n) is 10.2. The summed E-state index contributed by atoms with van der Waals surface area (Å²) in [5.41, 5.74) is 5.42. The number of hydrogen-bond donors (Lipinski definition) is 2. The van der Waals surface area contributed by atoms with Gasteiger partial charge >= 0.3 is 5.97 Å². The summed E-state index contributed by atoms with van der Waals surface area (Å²) in [6, 6.07) is 4.21. The Balaban J connectivity index is 2.64. The normalized spacial score (nSPS) is 11.5. The van der Waals surface area contributed by atoms with Crippen molar-refractivity contribution >= 4 is 22.9 Å². The summed E-state index contributed by atoms with van der Waals surface area (Å²) in [6.07, 6.45) is 2.76. The number of benzene rings is 1. The van der Waals surface area contributed by atoms with Crippen LogP contribution >= 0.6 is 0 Å². The summed E-state index contributed by atoms with van der Waals surface area (Å²) < 4.78 is 0. The van der Waals surface area contributed by atoms with Crippen molar-refractivity contribution in [1.29, 1.82) is 0 Å². The molecule has 88 valence electrons. The number of fused-ring (bicyclic) bond motifs is 1. The molecule has 2 aromatic rings. The van der Waals surface area contributed by atoms with Gasteiger partial charge in [0.15, 0.2) is 0 Å². The van der Waals surface area contributed by atoms with Gasteiger partial charge in [0.1, 0.15) is 0 Å². The van der Waals surface area contributed by atoms with Crippen molar-refractivity contribution in [1.82, 2.24) is 4.98 Å². The zero-order valence-corrected chi connectivity index (χ0v) is 10.2. The van der Waals surface area contributed by atoms with Crippen molar-refractivity contribution in [2.75, 3.05) is 0 Å². The maximum absolute atomic E-state index is 10.5. The van der Waals surface area contributed by atoms with E-state index in [9.17, 15) is 4.79 Å². The van der Waals surface area contributed by atoms with E-state index in [1.807, 2.05) is 6.92 Å². The molecule has 2 rings (SSSR count). The first kappa shape index (κ1) is 11.5. The molecule has 0 aliphatic carbocycles. The number of aryl methyl sites for hydroxylation is 3. The predicted molar refractivity (Wildman–Crippen MR) is 69.2 cm³/mol. The van der Waals surface area contributed by atoms with Crippen LogP contribution in [0.4, 0.5) is 0 Å². The monoisotopic (exact) mass is 229 g/mol. The molecule has 0 radical (unpaired) electrons. The van der Waals surface area contributed by atoms with E-state index in [1.54, 1.807) is 6.08 Å². The van der Waals surface area contributed by atoms with Crippen LogP contribution in [0.15, 0.2) is 18.2 Å². The van der Waals surface area contributed by atoms with Crippen LogP contribution in [-0.2, 0) is 4.79 Å². The summed E-state index contributed by atoms with van der Waals surface area (Å²) >= 11 is 0. The van der Waals surface area contributed by atoms with E-state index in [1.165, 1.54) is 16.5 Å². The molecule has 3 heteroatoms. The molecule has 0 fully saturated rings. The molecule has 0 aliphatic heterocycles. The fourth-order valence-electron chi connectivity index (χ4n) is 2.26. The Morgan fingerprint density at radius 3 is 2.65 bits per heavy atom. The standard InChI is InChI=1S/C14H15NO2/c1-8-6-9(2)14-10(3)11(4-5-13(16)17)15-12(14)7-8/h4-7,15H,1-3H3,(H,16,17)/b5-4+. The lowest BCUT2D eigenvalue weighted by atomic mass is 10.0. The highest BCUT2D eigenvalue weighted by Gasteiger charge is 2.08. The topological polar surface area (TPSA) is 53.1 Å².